The second-order valence-electron chi connectivity index (χ2n) is 16.9. The Morgan fingerprint density at radius 1 is 0.937 bits per heavy atom. The number of benzene rings is 2. The number of nitrogens with one attached hydrogen (secondary N) is 3. The molecule has 4 fully saturated rings. The second kappa shape index (κ2) is 17.7. The quantitative estimate of drug-likeness (QED) is 0.172. The van der Waals surface area contributed by atoms with Gasteiger partial charge < -0.3 is 34.5 Å². The summed E-state index contributed by atoms with van der Waals surface area (Å²) in [4.78, 5) is 91.2. The Labute approximate surface area is 368 Å². The number of pyridine rings is 1. The van der Waals surface area contributed by atoms with Crippen LogP contribution in [0, 0.1) is 0 Å². The molecule has 6 heterocycles. The highest BCUT2D eigenvalue weighted by molar-refractivity contribution is 6.33. The molecule has 1 saturated carbocycles. The van der Waals surface area contributed by atoms with Gasteiger partial charge in [-0.15, -0.1) is 0 Å². The fourth-order valence-corrected chi connectivity index (χ4v) is 9.81. The van der Waals surface area contributed by atoms with Crippen LogP contribution in [0.2, 0.25) is 5.02 Å². The third-order valence-electron chi connectivity index (χ3n) is 13.2. The van der Waals surface area contributed by atoms with Crippen LogP contribution < -0.4 is 31.1 Å². The highest BCUT2D eigenvalue weighted by Crippen LogP contribution is 2.40. The number of nitrogens with zero attached hydrogens (tertiary/aromatic N) is 6. The van der Waals surface area contributed by atoms with E-state index in [0.29, 0.717) is 46.2 Å². The second-order valence-corrected chi connectivity index (χ2v) is 17.3. The lowest BCUT2D eigenvalue weighted by molar-refractivity contribution is -0.136. The zero-order valence-electron chi connectivity index (χ0n) is 35.2. The summed E-state index contributed by atoms with van der Waals surface area (Å²) in [5.41, 5.74) is 2.74. The van der Waals surface area contributed by atoms with Crippen molar-refractivity contribution >= 4 is 69.5 Å². The van der Waals surface area contributed by atoms with Crippen LogP contribution in [0.1, 0.15) is 90.5 Å². The van der Waals surface area contributed by atoms with E-state index < -0.39 is 29.7 Å². The molecule has 5 amide bonds. The molecule has 0 spiro atoms. The van der Waals surface area contributed by atoms with Crippen molar-refractivity contribution in [3.63, 3.8) is 0 Å². The van der Waals surface area contributed by atoms with Crippen molar-refractivity contribution in [3.05, 3.63) is 80.7 Å². The Hall–Kier alpha value is -5.91. The summed E-state index contributed by atoms with van der Waals surface area (Å²) in [5, 5.41) is 9.19. The van der Waals surface area contributed by atoms with Crippen molar-refractivity contribution in [1.82, 2.24) is 35.0 Å². The summed E-state index contributed by atoms with van der Waals surface area (Å²) in [6.45, 7) is 5.29. The number of rotatable bonds is 12. The maximum atomic E-state index is 13.7. The van der Waals surface area contributed by atoms with Crippen molar-refractivity contribution in [2.75, 3.05) is 50.1 Å². The molecule has 1 atom stereocenters. The molecule has 4 aliphatic heterocycles. The number of amides is 5. The molecule has 3 saturated heterocycles. The lowest BCUT2D eigenvalue weighted by atomic mass is 9.82. The van der Waals surface area contributed by atoms with Gasteiger partial charge in [-0.25, -0.2) is 4.98 Å². The minimum Gasteiger partial charge on any atom is -0.478 e. The molecule has 2 aromatic carbocycles. The number of likely N-dealkylation sites (N-methyl/N-ethyl adjacent to an activating group) is 1. The zero-order valence-corrected chi connectivity index (χ0v) is 36.0. The van der Waals surface area contributed by atoms with Crippen LogP contribution >= 0.6 is 11.6 Å². The van der Waals surface area contributed by atoms with Crippen LogP contribution in [0.3, 0.4) is 0 Å². The Morgan fingerprint density at radius 3 is 2.44 bits per heavy atom. The Bertz CT molecular complexity index is 2550. The van der Waals surface area contributed by atoms with E-state index >= 15 is 0 Å². The molecule has 4 aromatic rings. The molecule has 9 rings (SSSR count). The molecule has 63 heavy (non-hydrogen) atoms. The van der Waals surface area contributed by atoms with Crippen LogP contribution in [0.15, 0.2) is 53.5 Å². The molecular weight excluding hydrogens is 830 g/mol. The van der Waals surface area contributed by atoms with E-state index in [4.69, 9.17) is 26.1 Å². The molecule has 18 heteroatoms. The van der Waals surface area contributed by atoms with E-state index in [-0.39, 0.29) is 54.8 Å². The van der Waals surface area contributed by atoms with Gasteiger partial charge in [-0.1, -0.05) is 23.7 Å². The summed E-state index contributed by atoms with van der Waals surface area (Å²) < 4.78 is 13.8. The van der Waals surface area contributed by atoms with Crippen LogP contribution in [0.5, 0.6) is 5.75 Å². The standard InChI is InChI=1S/C45H50ClN9O8/c1-3-54-34-8-7-27(19-26(34)20-36(43(54)60)62-24-38(57)47-2)49-40-33(46)23-48-45(51-40)53-17-13-29(14-18-53)63-30-21-28(22-30)52-15-11-25(12-16-52)31-5-4-6-32-39(31)44(61)55(42(32)59)35-9-10-37(56)50-41(35)58/h4-8,19-20,23,25,28-30,35H,3,9-18,21-22,24H2,1-2H3,(H,47,57)(H,48,49,51)(H,50,56,58)/t28?,30?,35-/m1/s1. The summed E-state index contributed by atoms with van der Waals surface area (Å²) in [6, 6.07) is 12.1. The number of carbonyl (C=O) groups is 5. The molecule has 330 valence electrons. The number of carbonyl (C=O) groups excluding carboxylic acids is 5. The Kier molecular flexibility index (Phi) is 11.9. The predicted octanol–water partition coefficient (Wildman–Crippen LogP) is 4.13. The topological polar surface area (TPSA) is 197 Å². The van der Waals surface area contributed by atoms with Gasteiger partial charge in [0.25, 0.3) is 23.3 Å². The summed E-state index contributed by atoms with van der Waals surface area (Å²) >= 11 is 6.58. The number of piperidine rings is 3. The van der Waals surface area contributed by atoms with Gasteiger partial charge >= 0.3 is 0 Å². The lowest BCUT2D eigenvalue weighted by Crippen LogP contribution is -2.54. The molecule has 2 aromatic heterocycles. The van der Waals surface area contributed by atoms with Gasteiger partial charge in [0.1, 0.15) is 11.1 Å². The number of aromatic nitrogens is 3. The number of imide groups is 2. The number of aryl methyl sites for hydroxylation is 1. The molecule has 5 aliphatic rings. The molecule has 0 radical (unpaired) electrons. The average molecular weight is 880 g/mol. The number of hydrogen-bond donors (Lipinski definition) is 3. The monoisotopic (exact) mass is 879 g/mol. The number of halogens is 1. The minimum atomic E-state index is -0.976. The van der Waals surface area contributed by atoms with E-state index in [0.717, 1.165) is 86.1 Å². The van der Waals surface area contributed by atoms with Gasteiger partial charge in [0, 0.05) is 50.2 Å². The fourth-order valence-electron chi connectivity index (χ4n) is 9.67. The normalized spacial score (nSPS) is 22.2. The fraction of sp³-hybridized carbons (Fsp3) is 0.467. The smallest absolute Gasteiger partial charge is 0.293 e. The van der Waals surface area contributed by atoms with Gasteiger partial charge in [-0.2, -0.15) is 4.98 Å². The van der Waals surface area contributed by atoms with Crippen molar-refractivity contribution in [2.45, 2.75) is 95.0 Å². The van der Waals surface area contributed by atoms with Crippen molar-refractivity contribution in [1.29, 1.82) is 0 Å². The number of hydrogen-bond acceptors (Lipinski definition) is 13. The Morgan fingerprint density at radius 2 is 1.71 bits per heavy atom. The predicted molar refractivity (Wildman–Crippen MR) is 234 cm³/mol. The molecule has 3 N–H and O–H groups in total. The highest BCUT2D eigenvalue weighted by Gasteiger charge is 2.46. The Balaban J connectivity index is 0.752. The third kappa shape index (κ3) is 8.36. The maximum Gasteiger partial charge on any atom is 0.293 e. The molecule has 0 bridgehead atoms. The first-order chi connectivity index (χ1) is 30.5. The van der Waals surface area contributed by atoms with Gasteiger partial charge in [0.05, 0.1) is 35.0 Å². The minimum absolute atomic E-state index is 0.0882. The van der Waals surface area contributed by atoms with Gasteiger partial charge in [0.2, 0.25) is 17.8 Å². The van der Waals surface area contributed by atoms with E-state index in [2.05, 4.69) is 30.7 Å². The number of anilines is 3. The molecular formula is C45H50ClN9O8. The van der Waals surface area contributed by atoms with Crippen molar-refractivity contribution in [2.24, 2.45) is 0 Å². The summed E-state index contributed by atoms with van der Waals surface area (Å²) in [5.74, 6) is -0.999. The molecule has 1 aliphatic carbocycles. The number of fused-ring (bicyclic) bond motifs is 2. The lowest BCUT2D eigenvalue weighted by Gasteiger charge is -2.47. The first-order valence-corrected chi connectivity index (χ1v) is 22.2. The van der Waals surface area contributed by atoms with E-state index in [1.807, 2.05) is 37.3 Å². The first-order valence-electron chi connectivity index (χ1n) is 21.8. The van der Waals surface area contributed by atoms with Gasteiger partial charge in [0.15, 0.2) is 18.2 Å². The largest absolute Gasteiger partial charge is 0.478 e. The van der Waals surface area contributed by atoms with Crippen LogP contribution in [0.4, 0.5) is 17.5 Å². The van der Waals surface area contributed by atoms with Gasteiger partial charge in [-0.05, 0) is 107 Å². The maximum absolute atomic E-state index is 13.7. The van der Waals surface area contributed by atoms with Gasteiger partial charge in [-0.3, -0.25) is 39.0 Å². The van der Waals surface area contributed by atoms with E-state index in [1.165, 1.54) is 7.05 Å². The molecule has 17 nitrogen and oxygen atoms in total. The number of ether oxygens (including phenoxy) is 2. The number of likely N-dealkylation sites (tertiary alicyclic amines) is 1. The zero-order chi connectivity index (χ0) is 43.9. The average Bonchev–Trinajstić information content (AvgIpc) is 3.53. The van der Waals surface area contributed by atoms with E-state index in [9.17, 15) is 28.8 Å². The highest BCUT2D eigenvalue weighted by atomic mass is 35.5. The third-order valence-corrected chi connectivity index (χ3v) is 13.5. The van der Waals surface area contributed by atoms with Crippen molar-refractivity contribution in [3.8, 4) is 5.75 Å². The summed E-state index contributed by atoms with van der Waals surface area (Å²) in [7, 11) is 1.51. The van der Waals surface area contributed by atoms with Crippen LogP contribution in [0.25, 0.3) is 10.9 Å². The van der Waals surface area contributed by atoms with E-state index in [1.54, 1.807) is 22.9 Å². The summed E-state index contributed by atoms with van der Waals surface area (Å²) in [6.07, 6.45) is 7.55. The SMILES string of the molecule is CCn1c(=O)c(OCC(=O)NC)cc2cc(Nc3nc(N4CCC(OC5CC(N6CCC(c7cccc8c7C(=O)N([C@@H]7CCC(=O)NC7=O)C8=O)CC6)C5)CC4)ncc3Cl)ccc21. The molecule has 0 unspecified atom stereocenters. The van der Waals surface area contributed by atoms with Crippen molar-refractivity contribution < 1.29 is 33.4 Å². The first kappa shape index (κ1) is 42.4. The van der Waals surface area contributed by atoms with Crippen LogP contribution in [-0.2, 0) is 25.7 Å². The van der Waals surface area contributed by atoms with Crippen LogP contribution in [-0.4, -0.2) is 118 Å².